The van der Waals surface area contributed by atoms with Gasteiger partial charge in [-0.1, -0.05) is 54.8 Å². The molecule has 0 aliphatic rings. The Morgan fingerprint density at radius 1 is 1.26 bits per heavy atom. The highest BCUT2D eigenvalue weighted by atomic mass is 19.1. The molecule has 0 bridgehead atoms. The van der Waals surface area contributed by atoms with Crippen molar-refractivity contribution in [1.29, 1.82) is 0 Å². The van der Waals surface area contributed by atoms with Gasteiger partial charge in [-0.3, -0.25) is 4.79 Å². The molecule has 0 heterocycles. The quantitative estimate of drug-likeness (QED) is 0.546. The van der Waals surface area contributed by atoms with E-state index in [2.05, 4.69) is 4.84 Å². The second-order valence-corrected chi connectivity index (χ2v) is 7.04. The van der Waals surface area contributed by atoms with E-state index in [1.54, 1.807) is 6.07 Å². The lowest BCUT2D eigenvalue weighted by Crippen LogP contribution is -3.03. The molecule has 2 unspecified atom stereocenters. The second kappa shape index (κ2) is 9.05. The normalized spacial score (nSPS) is 13.9. The Bertz CT molecular complexity index is 764. The molecule has 0 aliphatic carbocycles. The smallest absolute Gasteiger partial charge is 0.314 e. The van der Waals surface area contributed by atoms with Crippen LogP contribution in [0.4, 0.5) is 4.39 Å². The maximum Gasteiger partial charge on any atom is 0.314 e. The highest BCUT2D eigenvalue weighted by Crippen LogP contribution is 2.27. The van der Waals surface area contributed by atoms with E-state index in [1.807, 2.05) is 43.3 Å². The van der Waals surface area contributed by atoms with Crippen LogP contribution in [0.2, 0.25) is 0 Å². The van der Waals surface area contributed by atoms with Crippen LogP contribution in [0.1, 0.15) is 32.3 Å². The fraction of sp³-hybridized carbons (Fsp3) is 0.350. The maximum atomic E-state index is 14.5. The highest BCUT2D eigenvalue weighted by Gasteiger charge is 2.32. The Morgan fingerprint density at radius 2 is 1.93 bits per heavy atom. The van der Waals surface area contributed by atoms with Crippen molar-refractivity contribution in [1.82, 2.24) is 0 Å². The van der Waals surface area contributed by atoms with Crippen molar-refractivity contribution in [3.05, 3.63) is 65.1 Å². The molecule has 2 aromatic carbocycles. The summed E-state index contributed by atoms with van der Waals surface area (Å²) >= 11 is 0. The molecule has 146 valence electrons. The van der Waals surface area contributed by atoms with Crippen molar-refractivity contribution in [3.8, 4) is 11.1 Å². The van der Waals surface area contributed by atoms with Gasteiger partial charge in [-0.15, -0.1) is 0 Å². The molecule has 0 spiro atoms. The fourth-order valence-corrected chi connectivity index (χ4v) is 2.48. The van der Waals surface area contributed by atoms with E-state index < -0.39 is 16.8 Å². The van der Waals surface area contributed by atoms with Crippen LogP contribution in [-0.2, 0) is 14.4 Å². The lowest BCUT2D eigenvalue weighted by atomic mass is 9.95. The van der Waals surface area contributed by atoms with E-state index in [4.69, 9.17) is 9.94 Å². The van der Waals surface area contributed by atoms with Crippen LogP contribution in [0, 0.1) is 16.4 Å². The van der Waals surface area contributed by atoms with Gasteiger partial charge in [-0.2, -0.15) is 10.0 Å². The summed E-state index contributed by atoms with van der Waals surface area (Å²) < 4.78 is 19.8. The third-order valence-electron chi connectivity index (χ3n) is 4.22. The molecular formula is C20H24FNO5. The van der Waals surface area contributed by atoms with E-state index in [9.17, 15) is 14.4 Å². The molecule has 2 aromatic rings. The Kier molecular flexibility index (Phi) is 7.04. The number of hydrogen-bond donors (Lipinski definition) is 2. The number of esters is 1. The zero-order chi connectivity index (χ0) is 20.0. The molecule has 2 rings (SSSR count). The Labute approximate surface area is 157 Å². The lowest BCUT2D eigenvalue weighted by molar-refractivity contribution is -1.21. The summed E-state index contributed by atoms with van der Waals surface area (Å²) in [6.45, 7) is 4.66. The van der Waals surface area contributed by atoms with Gasteiger partial charge in [0.25, 0.3) is 0 Å². The number of halogens is 1. The predicted molar refractivity (Wildman–Crippen MR) is 97.1 cm³/mol. The monoisotopic (exact) mass is 377 g/mol. The van der Waals surface area contributed by atoms with Crippen LogP contribution < -0.4 is 5.39 Å². The summed E-state index contributed by atoms with van der Waals surface area (Å²) in [4.78, 5) is 16.6. The van der Waals surface area contributed by atoms with Crippen molar-refractivity contribution in [2.75, 3.05) is 13.2 Å². The summed E-state index contributed by atoms with van der Waals surface area (Å²) in [7, 11) is 0. The molecule has 7 heteroatoms. The van der Waals surface area contributed by atoms with Crippen molar-refractivity contribution in [2.45, 2.75) is 26.7 Å². The average molecular weight is 377 g/mol. The number of hydrogen-bond acceptors (Lipinski definition) is 5. The van der Waals surface area contributed by atoms with Crippen molar-refractivity contribution in [2.24, 2.45) is 5.41 Å². The Hall–Kier alpha value is -2.32. The van der Waals surface area contributed by atoms with Crippen LogP contribution in [0.5, 0.6) is 0 Å². The average Bonchev–Trinajstić information content (AvgIpc) is 2.64. The fourth-order valence-electron chi connectivity index (χ4n) is 2.48. The lowest BCUT2D eigenvalue weighted by Gasteiger charge is -2.24. The molecule has 2 N–H and O–H groups in total. The topological polar surface area (TPSA) is 83.3 Å². The maximum absolute atomic E-state index is 14.5. The van der Waals surface area contributed by atoms with Gasteiger partial charge in [0.05, 0.1) is 12.0 Å². The van der Waals surface area contributed by atoms with Crippen molar-refractivity contribution >= 4 is 5.97 Å². The first-order valence-corrected chi connectivity index (χ1v) is 8.58. The van der Waals surface area contributed by atoms with E-state index >= 15 is 0 Å². The number of benzene rings is 2. The van der Waals surface area contributed by atoms with Crippen LogP contribution in [-0.4, -0.2) is 24.4 Å². The molecule has 27 heavy (non-hydrogen) atoms. The molecule has 0 saturated heterocycles. The molecule has 0 aliphatic heterocycles. The van der Waals surface area contributed by atoms with Gasteiger partial charge < -0.3 is 9.94 Å². The molecule has 6 nitrogen and oxygen atoms in total. The SMILES string of the molecule is CC(COC(=O)C(C)(C)CO[NH+]([O-])O)c1ccc(-c2ccccc2)c(F)c1. The number of carbonyl (C=O) groups is 1. The number of quaternary nitrogens is 1. The standard InChI is InChI=1S/C20H24FNO5/c1-14(12-26-19(23)20(2,3)13-27-22(24)25)16-9-10-17(18(21)11-16)15-7-5-4-6-8-15/h4-11,14,22,24H,12-13H2,1-3H3. The van der Waals surface area contributed by atoms with Crippen LogP contribution in [0.3, 0.4) is 0 Å². The zero-order valence-corrected chi connectivity index (χ0v) is 15.6. The highest BCUT2D eigenvalue weighted by molar-refractivity contribution is 5.76. The molecule has 0 fully saturated rings. The minimum atomic E-state index is -1.45. The van der Waals surface area contributed by atoms with Gasteiger partial charge in [-0.25, -0.2) is 4.39 Å². The van der Waals surface area contributed by atoms with E-state index in [0.29, 0.717) is 11.1 Å². The minimum absolute atomic E-state index is 0.0550. The zero-order valence-electron chi connectivity index (χ0n) is 15.6. The van der Waals surface area contributed by atoms with E-state index in [-0.39, 0.29) is 24.9 Å². The Morgan fingerprint density at radius 3 is 2.52 bits per heavy atom. The minimum Gasteiger partial charge on any atom is -0.566 e. The summed E-state index contributed by atoms with van der Waals surface area (Å²) in [6, 6.07) is 14.2. The molecule has 0 amide bonds. The summed E-state index contributed by atoms with van der Waals surface area (Å²) in [6.07, 6.45) is 0. The van der Waals surface area contributed by atoms with Gasteiger partial charge >= 0.3 is 5.97 Å². The third kappa shape index (κ3) is 5.83. The van der Waals surface area contributed by atoms with Gasteiger partial charge in [0.1, 0.15) is 12.4 Å². The number of ether oxygens (including phenoxy) is 1. The van der Waals surface area contributed by atoms with E-state index in [0.717, 1.165) is 5.56 Å². The van der Waals surface area contributed by atoms with Gasteiger partial charge in [-0.05, 0) is 31.0 Å². The summed E-state index contributed by atoms with van der Waals surface area (Å²) in [5.41, 5.74) is 0.913. The van der Waals surface area contributed by atoms with Crippen molar-refractivity contribution in [3.63, 3.8) is 0 Å². The number of nitrogens with one attached hydrogen (secondary N) is 1. The molecule has 0 saturated carbocycles. The van der Waals surface area contributed by atoms with E-state index in [1.165, 1.54) is 19.9 Å². The molecule has 2 atom stereocenters. The summed E-state index contributed by atoms with van der Waals surface area (Å²) in [5, 5.41) is 17.6. The first-order valence-electron chi connectivity index (χ1n) is 8.58. The largest absolute Gasteiger partial charge is 0.566 e. The predicted octanol–water partition coefficient (Wildman–Crippen LogP) is 2.87. The molecular weight excluding hydrogens is 353 g/mol. The van der Waals surface area contributed by atoms with Crippen molar-refractivity contribution < 1.29 is 29.4 Å². The van der Waals surface area contributed by atoms with Crippen LogP contribution in [0.15, 0.2) is 48.5 Å². The Balaban J connectivity index is 1.99. The first kappa shape index (κ1) is 21.0. The van der Waals surface area contributed by atoms with Gasteiger partial charge in [0, 0.05) is 11.5 Å². The number of rotatable bonds is 8. The first-order chi connectivity index (χ1) is 12.7. The van der Waals surface area contributed by atoms with Crippen LogP contribution in [0.25, 0.3) is 11.1 Å². The summed E-state index contributed by atoms with van der Waals surface area (Å²) in [5.74, 6) is -1.13. The van der Waals surface area contributed by atoms with Gasteiger partial charge in [0.15, 0.2) is 0 Å². The van der Waals surface area contributed by atoms with Crippen LogP contribution >= 0.6 is 0 Å². The number of carbonyl (C=O) groups excluding carboxylic acids is 1. The second-order valence-electron chi connectivity index (χ2n) is 7.04. The molecule has 0 aromatic heterocycles. The molecule has 0 radical (unpaired) electrons. The third-order valence-corrected chi connectivity index (χ3v) is 4.22. The van der Waals surface area contributed by atoms with Gasteiger partial charge in [0.2, 0.25) is 0 Å².